The Balaban J connectivity index is 1.47. The van der Waals surface area contributed by atoms with Crippen LogP contribution in [0.4, 0.5) is 9.59 Å². The number of hydrogen-bond donors (Lipinski definition) is 6. The van der Waals surface area contributed by atoms with Crippen molar-refractivity contribution in [1.82, 2.24) is 36.1 Å². The molecular weight excluding hydrogens is 840 g/mol. The number of ether oxygens (including phenoxy) is 1. The Morgan fingerprint density at radius 2 is 1.55 bits per heavy atom. The van der Waals surface area contributed by atoms with E-state index in [0.717, 1.165) is 12.8 Å². The Hall–Kier alpha value is -3.96. The number of carbonyl (C=O) groups excluding carboxylic acids is 5. The molecule has 0 spiro atoms. The number of nitrogens with one attached hydrogen (secondary N) is 4. The Morgan fingerprint density at radius 3 is 2.15 bits per heavy atom. The molecule has 0 aliphatic carbocycles. The van der Waals surface area contributed by atoms with Gasteiger partial charge in [-0.1, -0.05) is 0 Å². The van der Waals surface area contributed by atoms with Crippen LogP contribution in [0.25, 0.3) is 0 Å². The molecule has 2 saturated heterocycles. The molecule has 15 nitrogen and oxygen atoms in total. The van der Waals surface area contributed by atoms with Gasteiger partial charge in [-0.15, -0.1) is 0 Å². The Kier molecular flexibility index (Phi) is 16.6. The number of alkyl carbamates (subject to hydrolysis) is 1. The molecule has 7 N–H and O–H groups in total. The molecule has 2 aliphatic heterocycles. The van der Waals surface area contributed by atoms with Crippen LogP contribution in [-0.4, -0.2) is 113 Å². The number of benzene rings is 1. The molecule has 4 rings (SSSR count). The molecule has 1 aromatic carbocycles. The van der Waals surface area contributed by atoms with Crippen molar-refractivity contribution in [3.63, 3.8) is 0 Å². The number of likely N-dealkylation sites (tertiary alicyclic amines) is 2. The van der Waals surface area contributed by atoms with Crippen molar-refractivity contribution < 1.29 is 33.8 Å². The number of nitrogens with two attached hydrogens (primary N) is 1. The number of carbonyl (C=O) groups is 5. The molecule has 0 bridgehead atoms. The fourth-order valence-corrected chi connectivity index (χ4v) is 8.03. The van der Waals surface area contributed by atoms with E-state index in [2.05, 4.69) is 58.1 Å². The molecule has 0 radical (unpaired) electrons. The Bertz CT molecular complexity index is 1610. The molecule has 1 aromatic heterocycles. The number of piperidine rings is 2. The lowest BCUT2D eigenvalue weighted by Gasteiger charge is -2.35. The molecule has 302 valence electrons. The fourth-order valence-electron chi connectivity index (χ4n) is 6.75. The first-order valence-corrected chi connectivity index (χ1v) is 20.4. The predicted octanol–water partition coefficient (Wildman–Crippen LogP) is 4.06. The third-order valence-electron chi connectivity index (χ3n) is 9.66. The van der Waals surface area contributed by atoms with E-state index in [-0.39, 0.29) is 30.7 Å². The average molecular weight is 895 g/mol. The van der Waals surface area contributed by atoms with Crippen LogP contribution in [0.2, 0.25) is 0 Å². The zero-order chi connectivity index (χ0) is 40.1. The van der Waals surface area contributed by atoms with Crippen LogP contribution in [-0.2, 0) is 25.5 Å². The quantitative estimate of drug-likeness (QED) is 0.142. The molecule has 6 amide bonds. The SMILES string of the molecule is CC(C)(C)OC(=O)NCCCC[C@H](NC(=O)[C@H](Cc1cc(Br)c(O)c(Br)c1)NC(=O)N1CCC(NCC(N)=O)CC1)C(=O)N1CCC(c2ccncc2)CC1. The minimum Gasteiger partial charge on any atom is -0.506 e. The van der Waals surface area contributed by atoms with E-state index in [0.29, 0.717) is 85.3 Å². The number of phenols is 1. The van der Waals surface area contributed by atoms with Crippen molar-refractivity contribution in [1.29, 1.82) is 0 Å². The normalized spacial score (nSPS) is 16.5. The minimum absolute atomic E-state index is 0.00104. The minimum atomic E-state index is -1.07. The topological polar surface area (TPSA) is 208 Å². The summed E-state index contributed by atoms with van der Waals surface area (Å²) in [5.41, 5.74) is 6.48. The van der Waals surface area contributed by atoms with Crippen molar-refractivity contribution in [2.24, 2.45) is 5.73 Å². The zero-order valence-electron chi connectivity index (χ0n) is 31.7. The van der Waals surface area contributed by atoms with Gasteiger partial charge in [0.15, 0.2) is 0 Å². The second-order valence-electron chi connectivity index (χ2n) is 15.1. The lowest BCUT2D eigenvalue weighted by Crippen LogP contribution is -2.58. The highest BCUT2D eigenvalue weighted by atomic mass is 79.9. The van der Waals surface area contributed by atoms with E-state index in [9.17, 15) is 29.1 Å². The summed E-state index contributed by atoms with van der Waals surface area (Å²) in [4.78, 5) is 72.9. The Morgan fingerprint density at radius 1 is 0.927 bits per heavy atom. The van der Waals surface area contributed by atoms with E-state index < -0.39 is 41.6 Å². The fraction of sp³-hybridized carbons (Fsp3) is 0.579. The lowest BCUT2D eigenvalue weighted by atomic mass is 9.89. The van der Waals surface area contributed by atoms with Crippen molar-refractivity contribution >= 4 is 61.7 Å². The number of hydrogen-bond acceptors (Lipinski definition) is 9. The third kappa shape index (κ3) is 14.2. The van der Waals surface area contributed by atoms with Gasteiger partial charge in [0.25, 0.3) is 0 Å². The van der Waals surface area contributed by atoms with Gasteiger partial charge in [0.2, 0.25) is 17.7 Å². The second kappa shape index (κ2) is 20.8. The smallest absolute Gasteiger partial charge is 0.407 e. The van der Waals surface area contributed by atoms with Gasteiger partial charge in [0, 0.05) is 57.6 Å². The summed E-state index contributed by atoms with van der Waals surface area (Å²) in [6.07, 6.45) is 7.22. The lowest BCUT2D eigenvalue weighted by molar-refractivity contribution is -0.138. The molecule has 2 fully saturated rings. The molecule has 0 unspecified atom stereocenters. The van der Waals surface area contributed by atoms with Gasteiger partial charge in [-0.25, -0.2) is 9.59 Å². The summed E-state index contributed by atoms with van der Waals surface area (Å²) in [7, 11) is 0. The van der Waals surface area contributed by atoms with E-state index in [1.807, 2.05) is 12.1 Å². The van der Waals surface area contributed by atoms with Gasteiger partial charge in [0.05, 0.1) is 15.5 Å². The average Bonchev–Trinajstić information content (AvgIpc) is 3.14. The van der Waals surface area contributed by atoms with Crippen molar-refractivity contribution in [2.45, 2.75) is 102 Å². The van der Waals surface area contributed by atoms with Crippen LogP contribution in [0, 0.1) is 0 Å². The number of amides is 6. The molecule has 3 heterocycles. The third-order valence-corrected chi connectivity index (χ3v) is 10.9. The van der Waals surface area contributed by atoms with Crippen LogP contribution in [0.15, 0.2) is 45.6 Å². The molecular formula is C38H54Br2N8O7. The van der Waals surface area contributed by atoms with Crippen molar-refractivity contribution in [3.05, 3.63) is 56.7 Å². The molecule has 2 aromatic rings. The van der Waals surface area contributed by atoms with Gasteiger partial charge < -0.3 is 46.6 Å². The molecule has 2 aliphatic rings. The summed E-state index contributed by atoms with van der Waals surface area (Å²) >= 11 is 6.71. The highest BCUT2D eigenvalue weighted by Crippen LogP contribution is 2.34. The van der Waals surface area contributed by atoms with Crippen molar-refractivity contribution in [2.75, 3.05) is 39.3 Å². The summed E-state index contributed by atoms with van der Waals surface area (Å²) < 4.78 is 6.15. The highest BCUT2D eigenvalue weighted by molar-refractivity contribution is 9.11. The maximum atomic E-state index is 14.2. The number of nitrogens with zero attached hydrogens (tertiary/aromatic N) is 3. The van der Waals surface area contributed by atoms with Crippen LogP contribution in [0.3, 0.4) is 0 Å². The summed E-state index contributed by atoms with van der Waals surface area (Å²) in [6, 6.07) is 5.01. The van der Waals surface area contributed by atoms with Crippen LogP contribution in [0.5, 0.6) is 5.75 Å². The highest BCUT2D eigenvalue weighted by Gasteiger charge is 2.33. The number of unbranched alkanes of at least 4 members (excludes halogenated alkanes) is 1. The number of phenolic OH excluding ortho intramolecular Hbond substituents is 1. The molecule has 2 atom stereocenters. The monoisotopic (exact) mass is 892 g/mol. The number of rotatable bonds is 15. The summed E-state index contributed by atoms with van der Waals surface area (Å²) in [6.45, 7) is 7.61. The van der Waals surface area contributed by atoms with Crippen LogP contribution >= 0.6 is 31.9 Å². The number of aromatic hydroxyl groups is 1. The summed E-state index contributed by atoms with van der Waals surface area (Å²) in [5, 5.41) is 22.0. The van der Waals surface area contributed by atoms with Crippen LogP contribution in [0.1, 0.15) is 82.8 Å². The van der Waals surface area contributed by atoms with E-state index in [1.54, 1.807) is 55.1 Å². The molecule has 17 heteroatoms. The number of aromatic nitrogens is 1. The van der Waals surface area contributed by atoms with Crippen LogP contribution < -0.4 is 27.0 Å². The molecule has 55 heavy (non-hydrogen) atoms. The zero-order valence-corrected chi connectivity index (χ0v) is 34.9. The van der Waals surface area contributed by atoms with E-state index in [1.165, 1.54) is 5.56 Å². The van der Waals surface area contributed by atoms with Gasteiger partial charge in [-0.05, 0) is 139 Å². The Labute approximate surface area is 339 Å². The number of primary amides is 1. The second-order valence-corrected chi connectivity index (χ2v) is 16.8. The first-order chi connectivity index (χ1) is 26.1. The van der Waals surface area contributed by atoms with E-state index >= 15 is 0 Å². The van der Waals surface area contributed by atoms with Gasteiger partial charge in [-0.2, -0.15) is 0 Å². The van der Waals surface area contributed by atoms with Gasteiger partial charge in [0.1, 0.15) is 23.4 Å². The van der Waals surface area contributed by atoms with Crippen molar-refractivity contribution in [3.8, 4) is 5.75 Å². The van der Waals surface area contributed by atoms with Gasteiger partial charge >= 0.3 is 12.1 Å². The maximum Gasteiger partial charge on any atom is 0.407 e. The standard InChI is InChI=1S/C38H54Br2N8O7/c1-38(2,3)55-37(54)43-13-5-4-6-30(35(52)47-16-9-26(10-17-47)25-7-14-42-15-8-25)45-34(51)31(22-24-20-28(39)33(50)29(40)21-24)46-36(53)48-18-11-27(12-19-48)44-23-32(41)49/h7-8,14-15,20-21,26-27,30-31,44,50H,4-6,9-13,16-19,22-23H2,1-3H3,(H2,41,49)(H,43,54)(H,45,51)(H,46,53)/t30-,31-/m0/s1. The maximum absolute atomic E-state index is 14.2. The molecule has 0 saturated carbocycles. The van der Waals surface area contributed by atoms with E-state index in [4.69, 9.17) is 10.5 Å². The summed E-state index contributed by atoms with van der Waals surface area (Å²) in [5.74, 6) is -0.881. The first kappa shape index (κ1) is 43.8. The predicted molar refractivity (Wildman–Crippen MR) is 214 cm³/mol. The van der Waals surface area contributed by atoms with Gasteiger partial charge in [-0.3, -0.25) is 19.4 Å². The number of urea groups is 1. The number of halogens is 2. The first-order valence-electron chi connectivity index (χ1n) is 18.8. The largest absolute Gasteiger partial charge is 0.506 e. The number of pyridine rings is 1.